The molecule has 0 saturated heterocycles. The number of amides is 1. The molecule has 114 valence electrons. The minimum atomic E-state index is -4.37. The molecule has 0 spiro atoms. The lowest BCUT2D eigenvalue weighted by atomic mass is 10.2. The molecule has 0 saturated carbocycles. The van der Waals surface area contributed by atoms with Crippen LogP contribution in [0.1, 0.15) is 12.2 Å². The van der Waals surface area contributed by atoms with Crippen molar-refractivity contribution in [3.05, 3.63) is 36.1 Å². The molecule has 0 unspecified atom stereocenters. The van der Waals surface area contributed by atoms with E-state index in [1.54, 1.807) is 6.07 Å². The fourth-order valence-electron chi connectivity index (χ4n) is 1.75. The molecule has 2 aromatic rings. The van der Waals surface area contributed by atoms with Gasteiger partial charge in [-0.3, -0.25) is 4.79 Å². The summed E-state index contributed by atoms with van der Waals surface area (Å²) in [4.78, 5) is 11.4. The molecule has 0 aliphatic carbocycles. The summed E-state index contributed by atoms with van der Waals surface area (Å²) >= 11 is 0. The molecule has 0 bridgehead atoms. The van der Waals surface area contributed by atoms with Crippen LogP contribution in [0.2, 0.25) is 0 Å². The maximum atomic E-state index is 11.8. The van der Waals surface area contributed by atoms with E-state index in [0.29, 0.717) is 5.76 Å². The third-order valence-corrected chi connectivity index (χ3v) is 2.68. The molecule has 21 heavy (non-hydrogen) atoms. The van der Waals surface area contributed by atoms with Crippen LogP contribution in [0.3, 0.4) is 0 Å². The molecular formula is C14H14F3NO3. The highest BCUT2D eigenvalue weighted by Gasteiger charge is 2.27. The van der Waals surface area contributed by atoms with E-state index in [0.717, 1.165) is 11.0 Å². The molecule has 1 aromatic heterocycles. The van der Waals surface area contributed by atoms with E-state index in [9.17, 15) is 18.0 Å². The van der Waals surface area contributed by atoms with Gasteiger partial charge in [-0.25, -0.2) is 0 Å². The average Bonchev–Trinajstić information content (AvgIpc) is 2.83. The van der Waals surface area contributed by atoms with E-state index in [4.69, 9.17) is 4.42 Å². The van der Waals surface area contributed by atoms with Gasteiger partial charge >= 0.3 is 6.18 Å². The Balaban J connectivity index is 1.71. The number of carbonyl (C=O) groups excluding carboxylic acids is 1. The van der Waals surface area contributed by atoms with Crippen molar-refractivity contribution in [2.24, 2.45) is 0 Å². The van der Waals surface area contributed by atoms with E-state index in [1.165, 1.54) is 0 Å². The normalized spacial score (nSPS) is 11.8. The summed E-state index contributed by atoms with van der Waals surface area (Å²) < 4.78 is 45.3. The summed E-state index contributed by atoms with van der Waals surface area (Å²) in [5, 5.41) is 3.49. The standard InChI is InChI=1S/C14H14F3NO3/c15-14(16,17)9-20-6-5-13(19)18-8-11-7-10-3-1-2-4-12(10)21-11/h1-4,7H,5-6,8-9H2,(H,18,19). The van der Waals surface area contributed by atoms with Gasteiger partial charge < -0.3 is 14.5 Å². The summed E-state index contributed by atoms with van der Waals surface area (Å²) in [6.45, 7) is -1.43. The first-order chi connectivity index (χ1) is 9.94. The van der Waals surface area contributed by atoms with Gasteiger partial charge in [0.1, 0.15) is 18.0 Å². The van der Waals surface area contributed by atoms with Crippen molar-refractivity contribution in [2.45, 2.75) is 19.1 Å². The number of nitrogens with one attached hydrogen (secondary N) is 1. The predicted octanol–water partition coefficient (Wildman–Crippen LogP) is 3.02. The monoisotopic (exact) mass is 301 g/mol. The van der Waals surface area contributed by atoms with Crippen LogP contribution >= 0.6 is 0 Å². The zero-order chi connectivity index (χ0) is 15.3. The highest BCUT2D eigenvalue weighted by molar-refractivity contribution is 5.78. The fourth-order valence-corrected chi connectivity index (χ4v) is 1.75. The largest absolute Gasteiger partial charge is 0.459 e. The second-order valence-corrected chi connectivity index (χ2v) is 4.45. The number of ether oxygens (including phenoxy) is 1. The van der Waals surface area contributed by atoms with Crippen molar-refractivity contribution in [3.8, 4) is 0 Å². The maximum Gasteiger partial charge on any atom is 0.411 e. The average molecular weight is 301 g/mol. The lowest BCUT2D eigenvalue weighted by molar-refractivity contribution is -0.174. The first-order valence-electron chi connectivity index (χ1n) is 6.33. The van der Waals surface area contributed by atoms with Crippen molar-refractivity contribution >= 4 is 16.9 Å². The van der Waals surface area contributed by atoms with Gasteiger partial charge in [-0.05, 0) is 12.1 Å². The molecule has 1 heterocycles. The van der Waals surface area contributed by atoms with Crippen molar-refractivity contribution in [1.29, 1.82) is 0 Å². The Labute approximate surface area is 118 Å². The third-order valence-electron chi connectivity index (χ3n) is 2.68. The maximum absolute atomic E-state index is 11.8. The summed E-state index contributed by atoms with van der Waals surface area (Å²) in [6, 6.07) is 9.21. The second-order valence-electron chi connectivity index (χ2n) is 4.45. The number of halogens is 3. The van der Waals surface area contributed by atoms with Crippen LogP contribution in [0.25, 0.3) is 11.0 Å². The minimum absolute atomic E-state index is 0.129. The molecule has 0 aliphatic rings. The van der Waals surface area contributed by atoms with Crippen LogP contribution in [0.4, 0.5) is 13.2 Å². The van der Waals surface area contributed by atoms with E-state index >= 15 is 0 Å². The molecule has 0 atom stereocenters. The third kappa shape index (κ3) is 5.11. The van der Waals surface area contributed by atoms with Gasteiger partial charge in [0.15, 0.2) is 0 Å². The number of rotatable bonds is 6. The van der Waals surface area contributed by atoms with Gasteiger partial charge in [0, 0.05) is 11.8 Å². The highest BCUT2D eigenvalue weighted by Crippen LogP contribution is 2.18. The zero-order valence-corrected chi connectivity index (χ0v) is 11.1. The van der Waals surface area contributed by atoms with Gasteiger partial charge in [0.05, 0.1) is 13.2 Å². The first kappa shape index (κ1) is 15.4. The number of carbonyl (C=O) groups is 1. The Morgan fingerprint density at radius 3 is 2.76 bits per heavy atom. The molecule has 1 N–H and O–H groups in total. The molecule has 0 radical (unpaired) electrons. The van der Waals surface area contributed by atoms with Gasteiger partial charge in [0.25, 0.3) is 0 Å². The van der Waals surface area contributed by atoms with Crippen molar-refractivity contribution < 1.29 is 27.1 Å². The smallest absolute Gasteiger partial charge is 0.411 e. The topological polar surface area (TPSA) is 51.5 Å². The molecular weight excluding hydrogens is 287 g/mol. The quantitative estimate of drug-likeness (QED) is 0.834. The summed E-state index contributed by atoms with van der Waals surface area (Å²) in [6.07, 6.45) is -4.50. The number of fused-ring (bicyclic) bond motifs is 1. The van der Waals surface area contributed by atoms with Gasteiger partial charge in [-0.15, -0.1) is 0 Å². The fraction of sp³-hybridized carbons (Fsp3) is 0.357. The minimum Gasteiger partial charge on any atom is -0.459 e. The van der Waals surface area contributed by atoms with Crippen molar-refractivity contribution in [1.82, 2.24) is 5.32 Å². The zero-order valence-electron chi connectivity index (χ0n) is 11.1. The number of alkyl halides is 3. The van der Waals surface area contributed by atoms with Crippen LogP contribution < -0.4 is 5.32 Å². The van der Waals surface area contributed by atoms with Crippen LogP contribution in [0.15, 0.2) is 34.7 Å². The lowest BCUT2D eigenvalue weighted by Crippen LogP contribution is -2.25. The number of hydrogen-bond acceptors (Lipinski definition) is 3. The molecule has 1 aromatic carbocycles. The summed E-state index contributed by atoms with van der Waals surface area (Å²) in [5.74, 6) is 0.193. The van der Waals surface area contributed by atoms with Crippen molar-refractivity contribution in [3.63, 3.8) is 0 Å². The Morgan fingerprint density at radius 1 is 1.29 bits per heavy atom. The SMILES string of the molecule is O=C(CCOCC(F)(F)F)NCc1cc2ccccc2o1. The Morgan fingerprint density at radius 2 is 2.05 bits per heavy atom. The summed E-state index contributed by atoms with van der Waals surface area (Å²) in [7, 11) is 0. The van der Waals surface area contributed by atoms with E-state index < -0.39 is 18.7 Å². The van der Waals surface area contributed by atoms with E-state index in [-0.39, 0.29) is 19.6 Å². The first-order valence-corrected chi connectivity index (χ1v) is 6.33. The molecule has 4 nitrogen and oxygen atoms in total. The van der Waals surface area contributed by atoms with Crippen LogP contribution in [-0.4, -0.2) is 25.3 Å². The number of furan rings is 1. The molecule has 1 amide bonds. The number of para-hydroxylation sites is 1. The highest BCUT2D eigenvalue weighted by atomic mass is 19.4. The second kappa shape index (κ2) is 6.62. The van der Waals surface area contributed by atoms with E-state index in [1.807, 2.05) is 24.3 Å². The summed E-state index contributed by atoms with van der Waals surface area (Å²) in [5.41, 5.74) is 0.718. The molecule has 2 rings (SSSR count). The Bertz CT molecular complexity index is 574. The van der Waals surface area contributed by atoms with Gasteiger partial charge in [0.2, 0.25) is 5.91 Å². The van der Waals surface area contributed by atoms with Gasteiger partial charge in [-0.2, -0.15) is 13.2 Å². The Kier molecular flexibility index (Phi) is 4.85. The Hall–Kier alpha value is -2.02. The lowest BCUT2D eigenvalue weighted by Gasteiger charge is -2.07. The van der Waals surface area contributed by atoms with Crippen LogP contribution in [0, 0.1) is 0 Å². The van der Waals surface area contributed by atoms with E-state index in [2.05, 4.69) is 10.1 Å². The van der Waals surface area contributed by atoms with Gasteiger partial charge in [-0.1, -0.05) is 18.2 Å². The van der Waals surface area contributed by atoms with Crippen molar-refractivity contribution in [2.75, 3.05) is 13.2 Å². The van der Waals surface area contributed by atoms with Crippen LogP contribution in [-0.2, 0) is 16.1 Å². The van der Waals surface area contributed by atoms with Crippen LogP contribution in [0.5, 0.6) is 0 Å². The predicted molar refractivity (Wildman–Crippen MR) is 69.6 cm³/mol. The molecule has 0 aliphatic heterocycles. The molecule has 7 heteroatoms. The number of benzene rings is 1. The number of hydrogen-bond donors (Lipinski definition) is 1. The molecule has 0 fully saturated rings.